The van der Waals surface area contributed by atoms with Crippen LogP contribution in [-0.4, -0.2) is 17.1 Å². The number of aromatic nitrogens is 2. The molecule has 6 heteroatoms. The predicted octanol–water partition coefficient (Wildman–Crippen LogP) is 4.11. The predicted molar refractivity (Wildman–Crippen MR) is 86.6 cm³/mol. The minimum Gasteiger partial charge on any atom is -0.497 e. The smallest absolute Gasteiger partial charge is 0.134 e. The second kappa shape index (κ2) is 7.00. The van der Waals surface area contributed by atoms with E-state index in [1.165, 1.54) is 0 Å². The van der Waals surface area contributed by atoms with Crippen molar-refractivity contribution < 1.29 is 9.15 Å². The fourth-order valence-electron chi connectivity index (χ4n) is 1.85. The molecule has 112 valence electrons. The first-order chi connectivity index (χ1) is 10.8. The van der Waals surface area contributed by atoms with Gasteiger partial charge >= 0.3 is 0 Å². The lowest BCUT2D eigenvalue weighted by molar-refractivity contribution is 0.415. The number of rotatable bonds is 6. The topological polar surface area (TPSA) is 60.2 Å². The average Bonchev–Trinajstić information content (AvgIpc) is 3.08. The molecule has 3 rings (SSSR count). The Bertz CT molecular complexity index is 715. The van der Waals surface area contributed by atoms with Crippen LogP contribution in [0.4, 0.5) is 11.5 Å². The van der Waals surface area contributed by atoms with Crippen LogP contribution >= 0.6 is 11.8 Å². The van der Waals surface area contributed by atoms with Crippen molar-refractivity contribution in [1.82, 2.24) is 9.97 Å². The average molecular weight is 313 g/mol. The van der Waals surface area contributed by atoms with E-state index < -0.39 is 0 Å². The lowest BCUT2D eigenvalue weighted by atomic mass is 10.3. The second-order valence-corrected chi connectivity index (χ2v) is 5.46. The van der Waals surface area contributed by atoms with Gasteiger partial charge < -0.3 is 14.5 Å². The largest absolute Gasteiger partial charge is 0.497 e. The number of methoxy groups -OCH3 is 1. The summed E-state index contributed by atoms with van der Waals surface area (Å²) in [7, 11) is 1.65. The molecule has 0 radical (unpaired) electrons. The molecule has 0 saturated heterocycles. The quantitative estimate of drug-likeness (QED) is 0.546. The number of thioether (sulfide) groups is 1. The Morgan fingerprint density at radius 3 is 2.77 bits per heavy atom. The van der Waals surface area contributed by atoms with Crippen LogP contribution in [0.15, 0.2) is 64.5 Å². The van der Waals surface area contributed by atoms with Crippen molar-refractivity contribution in [2.75, 3.05) is 12.4 Å². The molecule has 22 heavy (non-hydrogen) atoms. The Morgan fingerprint density at radius 2 is 2.05 bits per heavy atom. The van der Waals surface area contributed by atoms with Crippen LogP contribution in [0, 0.1) is 0 Å². The van der Waals surface area contributed by atoms with Crippen molar-refractivity contribution in [1.29, 1.82) is 0 Å². The summed E-state index contributed by atoms with van der Waals surface area (Å²) in [5.41, 5.74) is 0.946. The molecule has 0 atom stereocenters. The van der Waals surface area contributed by atoms with E-state index in [9.17, 15) is 0 Å². The molecular formula is C16H15N3O2S. The number of hydrogen-bond donors (Lipinski definition) is 1. The SMILES string of the molecule is COc1ccc(Nc2cc(SCc3ccco3)ncn2)cc1. The van der Waals surface area contributed by atoms with E-state index in [1.54, 1.807) is 31.5 Å². The van der Waals surface area contributed by atoms with Gasteiger partial charge in [0.25, 0.3) is 0 Å². The highest BCUT2D eigenvalue weighted by Gasteiger charge is 2.03. The van der Waals surface area contributed by atoms with Gasteiger partial charge in [-0.25, -0.2) is 9.97 Å². The lowest BCUT2D eigenvalue weighted by Crippen LogP contribution is -1.95. The highest BCUT2D eigenvalue weighted by molar-refractivity contribution is 7.98. The normalized spacial score (nSPS) is 10.4. The van der Waals surface area contributed by atoms with Gasteiger partial charge in [0.15, 0.2) is 0 Å². The zero-order chi connectivity index (χ0) is 15.2. The van der Waals surface area contributed by atoms with E-state index in [0.717, 1.165) is 33.8 Å². The first-order valence-electron chi connectivity index (χ1n) is 6.72. The van der Waals surface area contributed by atoms with Gasteiger partial charge in [0, 0.05) is 11.8 Å². The van der Waals surface area contributed by atoms with Gasteiger partial charge in [-0.1, -0.05) is 11.8 Å². The van der Waals surface area contributed by atoms with Crippen molar-refractivity contribution in [2.45, 2.75) is 10.8 Å². The minimum absolute atomic E-state index is 0.742. The lowest BCUT2D eigenvalue weighted by Gasteiger charge is -2.07. The fourth-order valence-corrected chi connectivity index (χ4v) is 2.62. The molecular weight excluding hydrogens is 298 g/mol. The van der Waals surface area contributed by atoms with E-state index in [0.29, 0.717) is 0 Å². The van der Waals surface area contributed by atoms with Crippen LogP contribution in [0.25, 0.3) is 0 Å². The summed E-state index contributed by atoms with van der Waals surface area (Å²) in [5.74, 6) is 3.24. The molecule has 0 unspecified atom stereocenters. The molecule has 3 aromatic rings. The Hall–Kier alpha value is -2.47. The summed E-state index contributed by atoms with van der Waals surface area (Å²) in [6, 6.07) is 13.4. The van der Waals surface area contributed by atoms with Crippen molar-refractivity contribution >= 4 is 23.3 Å². The molecule has 2 aromatic heterocycles. The summed E-state index contributed by atoms with van der Waals surface area (Å²) < 4.78 is 10.5. The van der Waals surface area contributed by atoms with E-state index in [2.05, 4.69) is 15.3 Å². The summed E-state index contributed by atoms with van der Waals surface area (Å²) in [4.78, 5) is 8.49. The van der Waals surface area contributed by atoms with E-state index >= 15 is 0 Å². The van der Waals surface area contributed by atoms with Gasteiger partial charge in [0.2, 0.25) is 0 Å². The maximum atomic E-state index is 5.31. The molecule has 0 fully saturated rings. The van der Waals surface area contributed by atoms with Crippen LogP contribution in [0.3, 0.4) is 0 Å². The van der Waals surface area contributed by atoms with Crippen LogP contribution in [0.2, 0.25) is 0 Å². The van der Waals surface area contributed by atoms with Crippen LogP contribution in [0.5, 0.6) is 5.75 Å². The molecule has 0 aliphatic heterocycles. The third kappa shape index (κ3) is 3.79. The zero-order valence-corrected chi connectivity index (χ0v) is 12.8. The number of furan rings is 1. The van der Waals surface area contributed by atoms with Crippen LogP contribution < -0.4 is 10.1 Å². The Labute approximate surface area is 132 Å². The fraction of sp³-hybridized carbons (Fsp3) is 0.125. The standard InChI is InChI=1S/C16H15N3O2S/c1-20-13-6-4-12(5-7-13)19-15-9-16(18-11-17-15)22-10-14-3-2-8-21-14/h2-9,11H,10H2,1H3,(H,17,18,19). The van der Waals surface area contributed by atoms with Gasteiger partial charge in [0.05, 0.1) is 19.1 Å². The van der Waals surface area contributed by atoms with Gasteiger partial charge in [-0.2, -0.15) is 0 Å². The molecule has 5 nitrogen and oxygen atoms in total. The number of benzene rings is 1. The van der Waals surface area contributed by atoms with Crippen molar-refractivity contribution in [3.63, 3.8) is 0 Å². The Morgan fingerprint density at radius 1 is 1.18 bits per heavy atom. The summed E-state index contributed by atoms with van der Waals surface area (Å²) in [5, 5.41) is 4.14. The number of ether oxygens (including phenoxy) is 1. The van der Waals surface area contributed by atoms with Gasteiger partial charge in [-0.05, 0) is 36.4 Å². The first-order valence-corrected chi connectivity index (χ1v) is 7.70. The van der Waals surface area contributed by atoms with Gasteiger partial charge in [-0.3, -0.25) is 0 Å². The molecule has 2 heterocycles. The highest BCUT2D eigenvalue weighted by atomic mass is 32.2. The van der Waals surface area contributed by atoms with Crippen LogP contribution in [-0.2, 0) is 5.75 Å². The Kier molecular flexibility index (Phi) is 4.60. The summed E-state index contributed by atoms with van der Waals surface area (Å²) in [6.45, 7) is 0. The number of hydrogen-bond acceptors (Lipinski definition) is 6. The van der Waals surface area contributed by atoms with Gasteiger partial charge in [0.1, 0.15) is 28.7 Å². The molecule has 0 saturated carbocycles. The van der Waals surface area contributed by atoms with Crippen LogP contribution in [0.1, 0.15) is 5.76 Å². The first kappa shape index (κ1) is 14.5. The summed E-state index contributed by atoms with van der Waals surface area (Å²) >= 11 is 1.60. The summed E-state index contributed by atoms with van der Waals surface area (Å²) in [6.07, 6.45) is 3.23. The molecule has 1 aromatic carbocycles. The molecule has 0 aliphatic carbocycles. The monoisotopic (exact) mass is 313 g/mol. The maximum absolute atomic E-state index is 5.31. The Balaban J connectivity index is 1.65. The minimum atomic E-state index is 0.742. The number of anilines is 2. The molecule has 0 aliphatic rings. The number of nitrogens with zero attached hydrogens (tertiary/aromatic N) is 2. The molecule has 0 spiro atoms. The van der Waals surface area contributed by atoms with E-state index in [1.807, 2.05) is 42.5 Å². The van der Waals surface area contributed by atoms with Crippen molar-refractivity contribution in [2.24, 2.45) is 0 Å². The van der Waals surface area contributed by atoms with Crippen molar-refractivity contribution in [3.8, 4) is 5.75 Å². The number of nitrogens with one attached hydrogen (secondary N) is 1. The molecule has 0 amide bonds. The van der Waals surface area contributed by atoms with E-state index in [-0.39, 0.29) is 0 Å². The second-order valence-electron chi connectivity index (χ2n) is 4.46. The third-order valence-electron chi connectivity index (χ3n) is 2.95. The van der Waals surface area contributed by atoms with E-state index in [4.69, 9.17) is 9.15 Å². The zero-order valence-electron chi connectivity index (χ0n) is 12.0. The molecule has 1 N–H and O–H groups in total. The third-order valence-corrected chi connectivity index (χ3v) is 3.89. The maximum Gasteiger partial charge on any atom is 0.134 e. The highest BCUT2D eigenvalue weighted by Crippen LogP contribution is 2.24. The molecule has 0 bridgehead atoms. The van der Waals surface area contributed by atoms with Gasteiger partial charge in [-0.15, -0.1) is 0 Å². The van der Waals surface area contributed by atoms with Crippen molar-refractivity contribution in [3.05, 3.63) is 60.8 Å².